The molecule has 8 heteroatoms. The van der Waals surface area contributed by atoms with Crippen molar-refractivity contribution in [1.29, 1.82) is 0 Å². The average molecular weight is 382 g/mol. The molecule has 1 aliphatic carbocycles. The summed E-state index contributed by atoms with van der Waals surface area (Å²) in [6.45, 7) is -0.572. The number of methoxy groups -OCH3 is 1. The number of rotatable bonds is 5. The number of aliphatic hydroxyl groups excluding tert-OH is 1. The van der Waals surface area contributed by atoms with Crippen LogP contribution in [0.25, 0.3) is 0 Å². The fourth-order valence-electron chi connectivity index (χ4n) is 2.53. The van der Waals surface area contributed by atoms with Gasteiger partial charge in [0, 0.05) is 23.2 Å². The van der Waals surface area contributed by atoms with Gasteiger partial charge in [0.25, 0.3) is 0 Å². The van der Waals surface area contributed by atoms with Gasteiger partial charge in [-0.2, -0.15) is 0 Å². The smallest absolute Gasteiger partial charge is 0.243 e. The van der Waals surface area contributed by atoms with E-state index in [1.807, 2.05) is 0 Å². The lowest BCUT2D eigenvalue weighted by Crippen LogP contribution is -2.41. The molecule has 0 saturated heterocycles. The van der Waals surface area contributed by atoms with Gasteiger partial charge in [-0.1, -0.05) is 15.9 Å². The molecule has 0 aliphatic heterocycles. The summed E-state index contributed by atoms with van der Waals surface area (Å²) in [5.41, 5.74) is -0.0699. The van der Waals surface area contributed by atoms with Gasteiger partial charge in [0.15, 0.2) is 0 Å². The van der Waals surface area contributed by atoms with Crippen molar-refractivity contribution in [3.8, 4) is 0 Å². The summed E-state index contributed by atoms with van der Waals surface area (Å²) in [5.74, 6) is -0.930. The Morgan fingerprint density at radius 2 is 2.19 bits per heavy atom. The van der Waals surface area contributed by atoms with Gasteiger partial charge in [0.05, 0.1) is 12.7 Å². The minimum atomic E-state index is -4.02. The van der Waals surface area contributed by atoms with Crippen molar-refractivity contribution in [3.05, 3.63) is 28.0 Å². The van der Waals surface area contributed by atoms with Crippen LogP contribution in [0.5, 0.6) is 0 Å². The Balaban J connectivity index is 2.34. The Kier molecular flexibility index (Phi) is 5.37. The summed E-state index contributed by atoms with van der Waals surface area (Å²) in [7, 11) is -2.49. The molecule has 1 aromatic rings. The van der Waals surface area contributed by atoms with Crippen molar-refractivity contribution in [3.63, 3.8) is 0 Å². The van der Waals surface area contributed by atoms with E-state index in [2.05, 4.69) is 20.7 Å². The molecule has 2 unspecified atom stereocenters. The first kappa shape index (κ1) is 16.8. The number of benzene rings is 1. The monoisotopic (exact) mass is 381 g/mol. The second-order valence-corrected chi connectivity index (χ2v) is 7.57. The van der Waals surface area contributed by atoms with E-state index in [9.17, 15) is 12.8 Å². The van der Waals surface area contributed by atoms with Gasteiger partial charge in [-0.3, -0.25) is 0 Å². The largest absolute Gasteiger partial charge is 0.392 e. The minimum absolute atomic E-state index is 0.0699. The number of sulfonamides is 1. The van der Waals surface area contributed by atoms with Crippen LogP contribution in [0.3, 0.4) is 0 Å². The lowest BCUT2D eigenvalue weighted by atomic mass is 10.2. The third-order valence-corrected chi connectivity index (χ3v) is 5.55. The highest BCUT2D eigenvalue weighted by molar-refractivity contribution is 9.10. The van der Waals surface area contributed by atoms with E-state index in [1.54, 1.807) is 0 Å². The predicted octanol–water partition coefficient (Wildman–Crippen LogP) is 1.93. The lowest BCUT2D eigenvalue weighted by molar-refractivity contribution is 0.0916. The molecule has 0 spiro atoms. The third-order valence-electron chi connectivity index (χ3n) is 3.60. The SMILES string of the molecule is COC1CCCC1NS(=O)(=O)c1cc(Br)cc(CO)c1F. The molecule has 21 heavy (non-hydrogen) atoms. The van der Waals surface area contributed by atoms with Gasteiger partial charge in [-0.15, -0.1) is 0 Å². The molecule has 0 aromatic heterocycles. The molecule has 2 atom stereocenters. The molecule has 118 valence electrons. The van der Waals surface area contributed by atoms with Crippen LogP contribution in [0.2, 0.25) is 0 Å². The molecular weight excluding hydrogens is 365 g/mol. The van der Waals surface area contributed by atoms with Crippen LogP contribution in [-0.4, -0.2) is 32.8 Å². The molecular formula is C13H17BrFNO4S. The summed E-state index contributed by atoms with van der Waals surface area (Å²) in [6, 6.07) is 2.17. The molecule has 0 amide bonds. The molecule has 5 nitrogen and oxygen atoms in total. The van der Waals surface area contributed by atoms with Crippen molar-refractivity contribution in [2.75, 3.05) is 7.11 Å². The number of halogens is 2. The molecule has 2 rings (SSSR count). The summed E-state index contributed by atoms with van der Waals surface area (Å²) < 4.78 is 47.1. The molecule has 1 aromatic carbocycles. The first-order valence-corrected chi connectivity index (χ1v) is 8.80. The van der Waals surface area contributed by atoms with E-state index in [4.69, 9.17) is 9.84 Å². The Hall–Kier alpha value is -0.540. The topological polar surface area (TPSA) is 75.6 Å². The average Bonchev–Trinajstić information content (AvgIpc) is 2.87. The molecule has 1 saturated carbocycles. The maximum atomic E-state index is 14.2. The fraction of sp³-hybridized carbons (Fsp3) is 0.538. The number of hydrogen-bond donors (Lipinski definition) is 2. The van der Waals surface area contributed by atoms with E-state index >= 15 is 0 Å². The third kappa shape index (κ3) is 3.62. The second kappa shape index (κ2) is 6.70. The predicted molar refractivity (Wildman–Crippen MR) is 78.8 cm³/mol. The highest BCUT2D eigenvalue weighted by Crippen LogP contribution is 2.27. The van der Waals surface area contributed by atoms with Crippen molar-refractivity contribution in [1.82, 2.24) is 4.72 Å². The van der Waals surface area contributed by atoms with E-state index in [-0.39, 0.29) is 17.7 Å². The van der Waals surface area contributed by atoms with Gasteiger partial charge in [0.2, 0.25) is 10.0 Å². The van der Waals surface area contributed by atoms with E-state index in [0.29, 0.717) is 10.9 Å². The zero-order chi connectivity index (χ0) is 15.6. The molecule has 0 bridgehead atoms. The molecule has 1 aliphatic rings. The summed E-state index contributed by atoms with van der Waals surface area (Å²) in [4.78, 5) is -0.470. The van der Waals surface area contributed by atoms with Gasteiger partial charge >= 0.3 is 0 Å². The Bertz CT molecular complexity index is 623. The lowest BCUT2D eigenvalue weighted by Gasteiger charge is -2.20. The second-order valence-electron chi connectivity index (χ2n) is 4.97. The van der Waals surface area contributed by atoms with Crippen molar-refractivity contribution in [2.45, 2.75) is 42.9 Å². The van der Waals surface area contributed by atoms with Gasteiger partial charge in [-0.25, -0.2) is 17.5 Å². The number of hydrogen-bond acceptors (Lipinski definition) is 4. The summed E-state index contributed by atoms with van der Waals surface area (Å²) in [5, 5.41) is 9.10. The van der Waals surface area contributed by atoms with Crippen molar-refractivity contribution in [2.24, 2.45) is 0 Å². The van der Waals surface area contributed by atoms with E-state index < -0.39 is 27.3 Å². The number of nitrogens with one attached hydrogen (secondary N) is 1. The zero-order valence-electron chi connectivity index (χ0n) is 11.5. The van der Waals surface area contributed by atoms with Crippen LogP contribution in [0.15, 0.2) is 21.5 Å². The van der Waals surface area contributed by atoms with Gasteiger partial charge < -0.3 is 9.84 Å². The number of aliphatic hydroxyl groups is 1. The Morgan fingerprint density at radius 1 is 1.48 bits per heavy atom. The van der Waals surface area contributed by atoms with Crippen LogP contribution >= 0.6 is 15.9 Å². The van der Waals surface area contributed by atoms with Crippen LogP contribution in [0, 0.1) is 5.82 Å². The Morgan fingerprint density at radius 3 is 2.81 bits per heavy atom. The van der Waals surface area contributed by atoms with E-state index in [1.165, 1.54) is 19.2 Å². The molecule has 0 heterocycles. The van der Waals surface area contributed by atoms with Crippen LogP contribution in [0.4, 0.5) is 4.39 Å². The normalized spacial score (nSPS) is 22.7. The van der Waals surface area contributed by atoms with Gasteiger partial charge in [0.1, 0.15) is 10.7 Å². The molecule has 2 N–H and O–H groups in total. The first-order valence-electron chi connectivity index (χ1n) is 6.53. The Labute approximate surface area is 131 Å². The summed E-state index contributed by atoms with van der Waals surface area (Å²) in [6.07, 6.45) is 2.08. The molecule has 0 radical (unpaired) electrons. The van der Waals surface area contributed by atoms with Crippen LogP contribution in [0.1, 0.15) is 24.8 Å². The number of ether oxygens (including phenoxy) is 1. The van der Waals surface area contributed by atoms with Crippen molar-refractivity contribution < 1.29 is 22.7 Å². The standard InChI is InChI=1S/C13H17BrFNO4S/c1-20-11-4-2-3-10(11)16-21(18,19)12-6-9(14)5-8(7-17)13(12)15/h5-6,10-11,16-17H,2-4,7H2,1H3. The maximum Gasteiger partial charge on any atom is 0.243 e. The highest BCUT2D eigenvalue weighted by Gasteiger charge is 2.32. The maximum absolute atomic E-state index is 14.2. The van der Waals surface area contributed by atoms with E-state index in [0.717, 1.165) is 12.8 Å². The van der Waals surface area contributed by atoms with Crippen molar-refractivity contribution >= 4 is 26.0 Å². The zero-order valence-corrected chi connectivity index (χ0v) is 13.9. The summed E-state index contributed by atoms with van der Waals surface area (Å²) >= 11 is 3.12. The van der Waals surface area contributed by atoms with Gasteiger partial charge in [-0.05, 0) is 31.4 Å². The quantitative estimate of drug-likeness (QED) is 0.816. The van der Waals surface area contributed by atoms with Crippen LogP contribution in [-0.2, 0) is 21.4 Å². The van der Waals surface area contributed by atoms with Crippen LogP contribution < -0.4 is 4.72 Å². The highest BCUT2D eigenvalue weighted by atomic mass is 79.9. The molecule has 1 fully saturated rings. The fourth-order valence-corrected chi connectivity index (χ4v) is 4.64. The minimum Gasteiger partial charge on any atom is -0.392 e. The first-order chi connectivity index (χ1) is 9.89.